The van der Waals surface area contributed by atoms with Gasteiger partial charge in [0.1, 0.15) is 11.6 Å². The molecule has 2 heterocycles. The van der Waals surface area contributed by atoms with Crippen molar-refractivity contribution in [3.8, 4) is 22.5 Å². The number of hydrogen-bond donors (Lipinski definition) is 2. The minimum Gasteiger partial charge on any atom is -0.330 e. The SMILES string of the molecule is CC=N/C(=C\C)CN(O)C(=O)NCc1ncc(-c2cc(Cl)cc(F)c2-c2nnn(C)n2)cc1F. The minimum atomic E-state index is -0.858. The molecule has 0 unspecified atom stereocenters. The molecule has 0 saturated heterocycles. The second-order valence-electron chi connectivity index (χ2n) is 6.95. The van der Waals surface area contributed by atoms with Crippen LogP contribution in [0.3, 0.4) is 0 Å². The number of carbonyl (C=O) groups is 1. The van der Waals surface area contributed by atoms with E-state index < -0.39 is 17.7 Å². The molecule has 2 amide bonds. The monoisotopic (exact) mass is 490 g/mol. The molecule has 1 aromatic carbocycles. The average Bonchev–Trinajstić information content (AvgIpc) is 3.22. The van der Waals surface area contributed by atoms with Gasteiger partial charge < -0.3 is 5.32 Å². The third-order valence-electron chi connectivity index (χ3n) is 4.60. The highest BCUT2D eigenvalue weighted by atomic mass is 35.5. The van der Waals surface area contributed by atoms with Crippen molar-refractivity contribution in [1.82, 2.24) is 35.6 Å². The molecule has 178 valence electrons. The van der Waals surface area contributed by atoms with Crippen LogP contribution in [0.5, 0.6) is 0 Å². The number of aromatic nitrogens is 5. The van der Waals surface area contributed by atoms with E-state index in [1.165, 1.54) is 25.5 Å². The molecule has 34 heavy (non-hydrogen) atoms. The number of benzene rings is 1. The summed E-state index contributed by atoms with van der Waals surface area (Å²) < 4.78 is 29.5. The summed E-state index contributed by atoms with van der Waals surface area (Å²) in [4.78, 5) is 21.3. The number of halogens is 3. The molecule has 13 heteroatoms. The fourth-order valence-electron chi connectivity index (χ4n) is 3.00. The van der Waals surface area contributed by atoms with Crippen LogP contribution in [0.2, 0.25) is 5.02 Å². The van der Waals surface area contributed by atoms with Gasteiger partial charge in [0.15, 0.2) is 0 Å². The van der Waals surface area contributed by atoms with Gasteiger partial charge in [-0.25, -0.2) is 18.6 Å². The zero-order chi connectivity index (χ0) is 24.8. The van der Waals surface area contributed by atoms with E-state index in [1.54, 1.807) is 19.9 Å². The summed E-state index contributed by atoms with van der Waals surface area (Å²) in [5.74, 6) is -1.46. The third-order valence-corrected chi connectivity index (χ3v) is 4.81. The topological polar surface area (TPSA) is 121 Å². The number of aliphatic imine (C=N–C) groups is 1. The summed E-state index contributed by atoms with van der Waals surface area (Å²) in [5.41, 5.74) is 0.804. The molecule has 0 aliphatic heterocycles. The van der Waals surface area contributed by atoms with Gasteiger partial charge in [0.2, 0.25) is 5.82 Å². The number of amides is 2. The lowest BCUT2D eigenvalue weighted by Crippen LogP contribution is -2.38. The number of pyridine rings is 1. The lowest BCUT2D eigenvalue weighted by molar-refractivity contribution is -0.0353. The van der Waals surface area contributed by atoms with Crippen molar-refractivity contribution in [3.63, 3.8) is 0 Å². The Morgan fingerprint density at radius 3 is 2.68 bits per heavy atom. The van der Waals surface area contributed by atoms with E-state index in [4.69, 9.17) is 11.6 Å². The number of hydroxylamine groups is 2. The fraction of sp³-hybridized carbons (Fsp3) is 0.238. The normalized spacial score (nSPS) is 11.8. The van der Waals surface area contributed by atoms with E-state index in [2.05, 4.69) is 30.7 Å². The Labute approximate surface area is 198 Å². The molecule has 0 atom stereocenters. The van der Waals surface area contributed by atoms with Crippen molar-refractivity contribution < 1.29 is 18.8 Å². The quantitative estimate of drug-likeness (QED) is 0.295. The predicted octanol–water partition coefficient (Wildman–Crippen LogP) is 3.77. The molecule has 0 spiro atoms. The number of aryl methyl sites for hydroxylation is 1. The van der Waals surface area contributed by atoms with E-state index in [0.29, 0.717) is 10.8 Å². The molecule has 0 fully saturated rings. The van der Waals surface area contributed by atoms with E-state index in [0.717, 1.165) is 16.9 Å². The molecule has 0 saturated carbocycles. The molecule has 0 aliphatic rings. The zero-order valence-corrected chi connectivity index (χ0v) is 19.3. The summed E-state index contributed by atoms with van der Waals surface area (Å²) in [6.07, 6.45) is 4.47. The van der Waals surface area contributed by atoms with Crippen LogP contribution in [0, 0.1) is 11.6 Å². The summed E-state index contributed by atoms with van der Waals surface area (Å²) in [7, 11) is 1.53. The number of rotatable bonds is 7. The molecule has 3 rings (SSSR count). The second-order valence-corrected chi connectivity index (χ2v) is 7.39. The van der Waals surface area contributed by atoms with Crippen LogP contribution < -0.4 is 5.32 Å². The van der Waals surface area contributed by atoms with Crippen molar-refractivity contribution in [1.29, 1.82) is 0 Å². The molecule has 3 aromatic rings. The smallest absolute Gasteiger partial charge is 0.330 e. The first-order valence-electron chi connectivity index (χ1n) is 9.99. The van der Waals surface area contributed by atoms with Gasteiger partial charge in [0, 0.05) is 23.0 Å². The Kier molecular flexibility index (Phi) is 7.97. The standard InChI is InChI=1S/C21H21ClF2N8O2/c1-4-14(25-5-2)11-32(34)21(33)27-10-18-16(23)6-12(9-26-18)15-7-13(22)8-17(24)19(15)20-28-30-31(3)29-20/h4-9,34H,10-11H2,1-3H3,(H,27,33)/b14-4-,25-5?. The van der Waals surface area contributed by atoms with Crippen molar-refractivity contribution in [2.24, 2.45) is 12.0 Å². The van der Waals surface area contributed by atoms with E-state index in [9.17, 15) is 18.8 Å². The molecule has 0 bridgehead atoms. The number of carbonyl (C=O) groups excluding carboxylic acids is 1. The molecule has 2 aromatic heterocycles. The first-order valence-corrected chi connectivity index (χ1v) is 10.4. The van der Waals surface area contributed by atoms with Crippen molar-refractivity contribution in [3.05, 3.63) is 58.5 Å². The highest BCUT2D eigenvalue weighted by molar-refractivity contribution is 6.31. The molecule has 0 aliphatic carbocycles. The van der Waals surface area contributed by atoms with Crippen molar-refractivity contribution in [2.45, 2.75) is 20.4 Å². The molecule has 2 N–H and O–H groups in total. The average molecular weight is 491 g/mol. The summed E-state index contributed by atoms with van der Waals surface area (Å²) in [6, 6.07) is 2.80. The van der Waals surface area contributed by atoms with E-state index >= 15 is 0 Å². The molecular formula is C21H21ClF2N8O2. The largest absolute Gasteiger partial charge is 0.341 e. The Morgan fingerprint density at radius 1 is 1.29 bits per heavy atom. The van der Waals surface area contributed by atoms with Crippen LogP contribution in [0.15, 0.2) is 41.2 Å². The van der Waals surface area contributed by atoms with Gasteiger partial charge in [0.05, 0.1) is 37.1 Å². The lowest BCUT2D eigenvalue weighted by Gasteiger charge is -2.16. The van der Waals surface area contributed by atoms with Gasteiger partial charge in [-0.3, -0.25) is 15.2 Å². The highest BCUT2D eigenvalue weighted by Crippen LogP contribution is 2.35. The second kappa shape index (κ2) is 10.9. The van der Waals surface area contributed by atoms with E-state index in [-0.39, 0.29) is 46.3 Å². The molecule has 0 radical (unpaired) electrons. The summed E-state index contributed by atoms with van der Waals surface area (Å²) >= 11 is 6.01. The number of nitrogens with one attached hydrogen (secondary N) is 1. The van der Waals surface area contributed by atoms with Gasteiger partial charge in [-0.15, -0.1) is 10.2 Å². The van der Waals surface area contributed by atoms with Crippen molar-refractivity contribution >= 4 is 23.8 Å². The third kappa shape index (κ3) is 5.77. The molecular weight excluding hydrogens is 470 g/mol. The van der Waals surface area contributed by atoms with Crippen LogP contribution in [0.1, 0.15) is 19.5 Å². The number of allylic oxidation sites excluding steroid dienone is 1. The van der Waals surface area contributed by atoms with Crippen LogP contribution in [-0.4, -0.2) is 54.3 Å². The number of urea groups is 1. The Morgan fingerprint density at radius 2 is 2.06 bits per heavy atom. The maximum atomic E-state index is 14.8. The van der Waals surface area contributed by atoms with Crippen LogP contribution in [0.4, 0.5) is 13.6 Å². The van der Waals surface area contributed by atoms with Crippen molar-refractivity contribution in [2.75, 3.05) is 6.54 Å². The van der Waals surface area contributed by atoms with Gasteiger partial charge in [-0.05, 0) is 42.8 Å². The number of hydrogen-bond acceptors (Lipinski definition) is 7. The van der Waals surface area contributed by atoms with Gasteiger partial charge in [-0.2, -0.15) is 4.80 Å². The van der Waals surface area contributed by atoms with E-state index in [1.807, 2.05) is 0 Å². The van der Waals surface area contributed by atoms with Crippen LogP contribution in [-0.2, 0) is 13.6 Å². The molecule has 10 nitrogen and oxygen atoms in total. The highest BCUT2D eigenvalue weighted by Gasteiger charge is 2.20. The predicted molar refractivity (Wildman–Crippen MR) is 121 cm³/mol. The first-order chi connectivity index (χ1) is 16.2. The van der Waals surface area contributed by atoms with Gasteiger partial charge >= 0.3 is 6.03 Å². The Bertz CT molecular complexity index is 1260. The summed E-state index contributed by atoms with van der Waals surface area (Å²) in [5, 5.41) is 24.3. The summed E-state index contributed by atoms with van der Waals surface area (Å²) in [6.45, 7) is 2.97. The van der Waals surface area contributed by atoms with Crippen LogP contribution >= 0.6 is 11.6 Å². The lowest BCUT2D eigenvalue weighted by atomic mass is 9.99. The van der Waals surface area contributed by atoms with Gasteiger partial charge in [0.25, 0.3) is 0 Å². The Balaban J connectivity index is 1.81. The minimum absolute atomic E-state index is 0.000595. The maximum Gasteiger partial charge on any atom is 0.341 e. The zero-order valence-electron chi connectivity index (χ0n) is 18.5. The first kappa shape index (κ1) is 24.9. The number of nitrogens with zero attached hydrogens (tertiary/aromatic N) is 7. The van der Waals surface area contributed by atoms with Crippen LogP contribution in [0.25, 0.3) is 22.5 Å². The Hall–Kier alpha value is -3.77. The van der Waals surface area contributed by atoms with Gasteiger partial charge in [-0.1, -0.05) is 17.7 Å². The fourth-order valence-corrected chi connectivity index (χ4v) is 3.21. The maximum absolute atomic E-state index is 14.8. The number of tetrazole rings is 1.